The second-order valence-electron chi connectivity index (χ2n) is 5.71. The van der Waals surface area contributed by atoms with Crippen molar-refractivity contribution in [2.24, 2.45) is 0 Å². The van der Waals surface area contributed by atoms with Crippen molar-refractivity contribution in [3.8, 4) is 0 Å². The molecule has 0 aliphatic heterocycles. The van der Waals surface area contributed by atoms with Gasteiger partial charge in [-0.3, -0.25) is 0 Å². The van der Waals surface area contributed by atoms with Crippen LogP contribution in [0.4, 0.5) is 74.6 Å². The van der Waals surface area contributed by atoms with Crippen LogP contribution in [-0.2, 0) is 0 Å². The number of alkyl halides is 17. The number of rotatable bonds is 1. The predicted octanol–water partition coefficient (Wildman–Crippen LogP) is 5.66. The number of halogens is 17. The Hall–Kier alpha value is -1.23. The van der Waals surface area contributed by atoms with E-state index in [9.17, 15) is 74.6 Å². The van der Waals surface area contributed by atoms with Crippen LogP contribution in [0.5, 0.6) is 0 Å². The Balaban J connectivity index is 0.00000784. The molecule has 0 saturated heterocycles. The van der Waals surface area contributed by atoms with E-state index in [1.807, 2.05) is 0 Å². The lowest BCUT2D eigenvalue weighted by Crippen LogP contribution is -2.76. The second kappa shape index (κ2) is 7.18. The standard InChI is InChI=1S/C11H5F17.H3N/c12-1-2(13)6(18,5(16)17)4(15)8(21,22)10(25,26)11(27,28)9(23,24)7(19,20)3(1)14;/h1-5H;1H3. The molecule has 1 aliphatic carbocycles. The molecule has 0 radical (unpaired) electrons. The van der Waals surface area contributed by atoms with Crippen molar-refractivity contribution in [1.29, 1.82) is 0 Å². The van der Waals surface area contributed by atoms with Crippen molar-refractivity contribution in [1.82, 2.24) is 6.15 Å². The third-order valence-corrected chi connectivity index (χ3v) is 4.00. The van der Waals surface area contributed by atoms with Gasteiger partial charge in [0.2, 0.25) is 18.0 Å². The summed E-state index contributed by atoms with van der Waals surface area (Å²) >= 11 is 0. The summed E-state index contributed by atoms with van der Waals surface area (Å²) < 4.78 is 225. The van der Waals surface area contributed by atoms with Crippen LogP contribution in [0.3, 0.4) is 0 Å². The van der Waals surface area contributed by atoms with Gasteiger partial charge in [-0.2, -0.15) is 43.9 Å². The van der Waals surface area contributed by atoms with Gasteiger partial charge in [-0.25, -0.2) is 30.7 Å². The minimum Gasteiger partial charge on any atom is -0.344 e. The number of hydrogen-bond acceptors (Lipinski definition) is 1. The van der Waals surface area contributed by atoms with Gasteiger partial charge in [0.05, 0.1) is 0 Å². The topological polar surface area (TPSA) is 35.0 Å². The highest BCUT2D eigenvalue weighted by atomic mass is 19.4. The molecule has 0 spiro atoms. The van der Waals surface area contributed by atoms with E-state index in [0.717, 1.165) is 0 Å². The molecule has 29 heavy (non-hydrogen) atoms. The molecular weight excluding hydrogens is 469 g/mol. The third kappa shape index (κ3) is 3.10. The fourth-order valence-corrected chi connectivity index (χ4v) is 2.19. The van der Waals surface area contributed by atoms with Crippen LogP contribution in [-0.4, -0.2) is 66.4 Å². The van der Waals surface area contributed by atoms with E-state index in [0.29, 0.717) is 0 Å². The lowest BCUT2D eigenvalue weighted by atomic mass is 9.78. The molecule has 176 valence electrons. The van der Waals surface area contributed by atoms with Crippen LogP contribution in [0.2, 0.25) is 0 Å². The second-order valence-corrected chi connectivity index (χ2v) is 5.71. The Morgan fingerprint density at radius 3 is 1.21 bits per heavy atom. The first-order chi connectivity index (χ1) is 12.1. The van der Waals surface area contributed by atoms with E-state index in [2.05, 4.69) is 0 Å². The van der Waals surface area contributed by atoms with Crippen molar-refractivity contribution < 1.29 is 74.6 Å². The average molecular weight is 477 g/mol. The highest BCUT2D eigenvalue weighted by molar-refractivity contribution is 5.19. The summed E-state index contributed by atoms with van der Waals surface area (Å²) in [4.78, 5) is 0. The molecule has 1 rings (SSSR count). The van der Waals surface area contributed by atoms with Crippen LogP contribution >= 0.6 is 0 Å². The Bertz CT molecular complexity index is 590. The van der Waals surface area contributed by atoms with E-state index >= 15 is 0 Å². The fraction of sp³-hybridized carbons (Fsp3) is 1.00. The molecule has 1 aliphatic rings. The van der Waals surface area contributed by atoms with E-state index in [-0.39, 0.29) is 6.15 Å². The quantitative estimate of drug-likeness (QED) is 0.486. The third-order valence-electron chi connectivity index (χ3n) is 4.00. The Morgan fingerprint density at radius 1 is 0.517 bits per heavy atom. The smallest absolute Gasteiger partial charge is 0.344 e. The monoisotopic (exact) mass is 477 g/mol. The molecular formula is C11H8F17N. The first kappa shape index (κ1) is 27.8. The zero-order valence-electron chi connectivity index (χ0n) is 13.0. The molecule has 0 aromatic carbocycles. The zero-order valence-corrected chi connectivity index (χ0v) is 13.0. The average Bonchev–Trinajstić information content (AvgIpc) is 2.56. The summed E-state index contributed by atoms with van der Waals surface area (Å²) in [7, 11) is 0. The van der Waals surface area contributed by atoms with Crippen LogP contribution in [0, 0.1) is 0 Å². The number of hydrogen-bond donors (Lipinski definition) is 1. The van der Waals surface area contributed by atoms with Crippen LogP contribution in [0.15, 0.2) is 0 Å². The highest BCUT2D eigenvalue weighted by Crippen LogP contribution is 2.62. The molecule has 0 bridgehead atoms. The molecule has 3 N–H and O–H groups in total. The summed E-state index contributed by atoms with van der Waals surface area (Å²) in [6, 6.07) is 0. The molecule has 1 nitrogen and oxygen atoms in total. The largest absolute Gasteiger partial charge is 0.384 e. The van der Waals surface area contributed by atoms with Crippen molar-refractivity contribution in [2.75, 3.05) is 0 Å². The first-order valence-electron chi connectivity index (χ1n) is 6.50. The minimum absolute atomic E-state index is 0. The minimum atomic E-state index is -8.16. The van der Waals surface area contributed by atoms with Gasteiger partial charge in [0.1, 0.15) is 0 Å². The maximum atomic E-state index is 13.8. The predicted molar refractivity (Wildman–Crippen MR) is 59.2 cm³/mol. The molecule has 0 heterocycles. The van der Waals surface area contributed by atoms with Gasteiger partial charge in [-0.05, 0) is 0 Å². The fourth-order valence-electron chi connectivity index (χ4n) is 2.19. The highest BCUT2D eigenvalue weighted by Gasteiger charge is 2.91. The van der Waals surface area contributed by atoms with Crippen LogP contribution in [0.25, 0.3) is 0 Å². The molecule has 5 unspecified atom stereocenters. The van der Waals surface area contributed by atoms with Crippen LogP contribution < -0.4 is 6.15 Å². The molecule has 0 aromatic heterocycles. The van der Waals surface area contributed by atoms with Gasteiger partial charge in [-0.15, -0.1) is 0 Å². The van der Waals surface area contributed by atoms with Gasteiger partial charge < -0.3 is 6.15 Å². The Kier molecular flexibility index (Phi) is 6.87. The molecule has 5 atom stereocenters. The van der Waals surface area contributed by atoms with Gasteiger partial charge >= 0.3 is 29.6 Å². The first-order valence-corrected chi connectivity index (χ1v) is 6.50. The normalized spacial score (nSPS) is 40.8. The van der Waals surface area contributed by atoms with Crippen molar-refractivity contribution >= 4 is 0 Å². The molecule has 18 heteroatoms. The zero-order chi connectivity index (χ0) is 22.9. The van der Waals surface area contributed by atoms with Crippen molar-refractivity contribution in [3.63, 3.8) is 0 Å². The maximum absolute atomic E-state index is 13.8. The molecule has 0 aromatic rings. The van der Waals surface area contributed by atoms with Gasteiger partial charge in [-0.1, -0.05) is 0 Å². The lowest BCUT2D eigenvalue weighted by Gasteiger charge is -2.45. The summed E-state index contributed by atoms with van der Waals surface area (Å²) in [5, 5.41) is 0. The SMILES string of the molecule is FC1C(F)C(F)(C(F)F)C(F)C(F)(F)C(F)(F)C(F)(F)C(F)(F)C(F)(F)C1F.N. The van der Waals surface area contributed by atoms with E-state index in [1.165, 1.54) is 0 Å². The summed E-state index contributed by atoms with van der Waals surface area (Å²) in [6.07, 6.45) is -28.5. The van der Waals surface area contributed by atoms with Crippen molar-refractivity contribution in [2.45, 2.75) is 66.4 Å². The Labute approximate surface area is 148 Å². The van der Waals surface area contributed by atoms with Gasteiger partial charge in [0, 0.05) is 0 Å². The van der Waals surface area contributed by atoms with E-state index in [4.69, 9.17) is 0 Å². The molecule has 1 saturated carbocycles. The van der Waals surface area contributed by atoms with Gasteiger partial charge in [0.25, 0.3) is 6.43 Å². The Morgan fingerprint density at radius 2 is 0.862 bits per heavy atom. The summed E-state index contributed by atoms with van der Waals surface area (Å²) in [5.74, 6) is -39.4. The molecule has 1 fully saturated rings. The van der Waals surface area contributed by atoms with Gasteiger partial charge in [0.15, 0.2) is 12.3 Å². The van der Waals surface area contributed by atoms with Crippen molar-refractivity contribution in [3.05, 3.63) is 0 Å². The van der Waals surface area contributed by atoms with E-state index in [1.54, 1.807) is 0 Å². The van der Waals surface area contributed by atoms with Crippen LogP contribution in [0.1, 0.15) is 0 Å². The molecule has 0 amide bonds. The maximum Gasteiger partial charge on any atom is 0.384 e. The lowest BCUT2D eigenvalue weighted by molar-refractivity contribution is -0.424. The van der Waals surface area contributed by atoms with E-state index < -0.39 is 66.4 Å². The summed E-state index contributed by atoms with van der Waals surface area (Å²) in [6.45, 7) is 0. The summed E-state index contributed by atoms with van der Waals surface area (Å²) in [5.41, 5.74) is -6.62.